The Morgan fingerprint density at radius 1 is 1.31 bits per heavy atom. The summed E-state index contributed by atoms with van der Waals surface area (Å²) in [6, 6.07) is 7.02. The summed E-state index contributed by atoms with van der Waals surface area (Å²) >= 11 is 0. The van der Waals surface area contributed by atoms with Gasteiger partial charge in [-0.1, -0.05) is 29.8 Å². The average molecular weight is 424 g/mol. The van der Waals surface area contributed by atoms with Gasteiger partial charge in [0, 0.05) is 12.1 Å². The molecule has 3 rings (SSSR count). The van der Waals surface area contributed by atoms with E-state index in [0.717, 1.165) is 11.1 Å². The minimum absolute atomic E-state index is 0.178. The molecular weight excluding hydrogens is 395 g/mol. The molecule has 2 aliphatic rings. The lowest BCUT2D eigenvalue weighted by Gasteiger charge is -2.29. The third kappa shape index (κ3) is 4.15. The topological polar surface area (TPSA) is 97.3 Å². The summed E-state index contributed by atoms with van der Waals surface area (Å²) in [6.07, 6.45) is 1.19. The Balaban J connectivity index is 2.07. The molecule has 1 unspecified atom stereocenters. The van der Waals surface area contributed by atoms with Crippen molar-refractivity contribution < 1.29 is 28.3 Å². The number of carboxylic acids is 1. The van der Waals surface area contributed by atoms with E-state index in [1.54, 1.807) is 18.7 Å². The lowest BCUT2D eigenvalue weighted by Crippen LogP contribution is -2.38. The molecule has 2 heterocycles. The number of aryl methyl sites for hydroxylation is 1. The van der Waals surface area contributed by atoms with Crippen LogP contribution < -0.4 is 5.32 Å². The van der Waals surface area contributed by atoms with Crippen LogP contribution in [0.2, 0.25) is 0 Å². The van der Waals surface area contributed by atoms with Crippen LogP contribution in [0.5, 0.6) is 0 Å². The molecule has 0 aliphatic carbocycles. The minimum Gasteiger partial charge on any atom is -0.480 e. The van der Waals surface area contributed by atoms with Crippen LogP contribution in [-0.4, -0.2) is 41.8 Å². The van der Waals surface area contributed by atoms with Gasteiger partial charge in [0.05, 0.1) is 13.2 Å². The van der Waals surface area contributed by atoms with Gasteiger partial charge in [-0.05, 0) is 40.5 Å². The summed E-state index contributed by atoms with van der Waals surface area (Å²) in [4.78, 5) is 13.4. The van der Waals surface area contributed by atoms with Crippen molar-refractivity contribution in [3.05, 3.63) is 46.7 Å². The van der Waals surface area contributed by atoms with Gasteiger partial charge in [0.15, 0.2) is 5.44 Å². The van der Waals surface area contributed by atoms with Crippen molar-refractivity contribution in [2.45, 2.75) is 52.3 Å². The molecular formula is C20H29N2O6P. The summed E-state index contributed by atoms with van der Waals surface area (Å²) in [5, 5.41) is 12.9. The van der Waals surface area contributed by atoms with Crippen LogP contribution in [0.15, 0.2) is 35.6 Å². The molecule has 2 aliphatic heterocycles. The maximum Gasteiger partial charge on any atom is 0.382 e. The molecule has 0 amide bonds. The first-order chi connectivity index (χ1) is 13.7. The van der Waals surface area contributed by atoms with Crippen LogP contribution in [0.1, 0.15) is 44.7 Å². The Morgan fingerprint density at radius 3 is 2.48 bits per heavy atom. The zero-order chi connectivity index (χ0) is 21.2. The molecule has 1 aromatic carbocycles. The summed E-state index contributed by atoms with van der Waals surface area (Å²) in [5.74, 6) is -0.715. The van der Waals surface area contributed by atoms with Crippen LogP contribution in [0.4, 0.5) is 0 Å². The van der Waals surface area contributed by atoms with Crippen molar-refractivity contribution in [2.75, 3.05) is 19.8 Å². The zero-order valence-electron chi connectivity index (χ0n) is 17.3. The second-order valence-corrected chi connectivity index (χ2v) is 9.26. The summed E-state index contributed by atoms with van der Waals surface area (Å²) in [5.41, 5.74) is 1.07. The Bertz CT molecular complexity index is 830. The second-order valence-electron chi connectivity index (χ2n) is 7.30. The van der Waals surface area contributed by atoms with Crippen molar-refractivity contribution in [3.8, 4) is 0 Å². The van der Waals surface area contributed by atoms with Crippen LogP contribution in [0, 0.1) is 6.92 Å². The highest BCUT2D eigenvalue weighted by molar-refractivity contribution is 7.58. The number of nitrogens with one attached hydrogen (secondary N) is 1. The summed E-state index contributed by atoms with van der Waals surface area (Å²) < 4.78 is 31.0. The van der Waals surface area contributed by atoms with E-state index < -0.39 is 25.3 Å². The Labute approximate surface area is 171 Å². The standard InChI is InChI=1S/C20H29N2O6P/c1-5-26-29(25,27-6-2)17-18(22-13-7-8-16(22)19(23)24)28-20(4,21-17)15-11-9-14(3)10-12-15/h9-12,16,21H,5-8,13H2,1-4H3,(H,23,24)/t16-,20?/m0/s1. The number of benzene rings is 1. The molecule has 0 radical (unpaired) electrons. The van der Waals surface area contributed by atoms with E-state index in [1.807, 2.05) is 38.1 Å². The van der Waals surface area contributed by atoms with E-state index in [2.05, 4.69) is 5.32 Å². The lowest BCUT2D eigenvalue weighted by molar-refractivity contribution is -0.143. The van der Waals surface area contributed by atoms with Gasteiger partial charge in [-0.15, -0.1) is 0 Å². The molecule has 0 saturated carbocycles. The SMILES string of the molecule is CCOP(=O)(OCC)C1=C(N2CCC[C@H]2C(=O)O)OC(C)(c2ccc(C)cc2)N1. The normalized spacial score (nSPS) is 24.6. The highest BCUT2D eigenvalue weighted by atomic mass is 31.2. The molecule has 1 aromatic rings. The van der Waals surface area contributed by atoms with Gasteiger partial charge in [-0.25, -0.2) is 4.79 Å². The van der Waals surface area contributed by atoms with Gasteiger partial charge in [-0.2, -0.15) is 0 Å². The summed E-state index contributed by atoms with van der Waals surface area (Å²) in [7, 11) is -3.73. The van der Waals surface area contributed by atoms with Crippen LogP contribution in [0.25, 0.3) is 0 Å². The predicted molar refractivity (Wildman–Crippen MR) is 108 cm³/mol. The molecule has 160 valence electrons. The number of hydrogen-bond acceptors (Lipinski definition) is 7. The second kappa shape index (κ2) is 8.38. The highest BCUT2D eigenvalue weighted by Gasteiger charge is 2.50. The third-order valence-electron chi connectivity index (χ3n) is 5.13. The van der Waals surface area contributed by atoms with Crippen molar-refractivity contribution in [1.82, 2.24) is 10.2 Å². The molecule has 0 bridgehead atoms. The summed E-state index contributed by atoms with van der Waals surface area (Å²) in [6.45, 7) is 8.12. The molecule has 0 aromatic heterocycles. The number of nitrogens with zero attached hydrogens (tertiary/aromatic N) is 1. The van der Waals surface area contributed by atoms with E-state index in [1.165, 1.54) is 0 Å². The van der Waals surface area contributed by atoms with E-state index in [9.17, 15) is 14.5 Å². The van der Waals surface area contributed by atoms with Crippen LogP contribution in [-0.2, 0) is 28.9 Å². The number of carbonyl (C=O) groups is 1. The van der Waals surface area contributed by atoms with E-state index >= 15 is 0 Å². The smallest absolute Gasteiger partial charge is 0.382 e. The highest BCUT2D eigenvalue weighted by Crippen LogP contribution is 2.60. The number of aliphatic carboxylic acids is 1. The van der Waals surface area contributed by atoms with E-state index in [0.29, 0.717) is 19.4 Å². The van der Waals surface area contributed by atoms with E-state index in [4.69, 9.17) is 13.8 Å². The van der Waals surface area contributed by atoms with Gasteiger partial charge in [0.2, 0.25) is 11.6 Å². The lowest BCUT2D eigenvalue weighted by atomic mass is 10.0. The Morgan fingerprint density at radius 2 is 1.93 bits per heavy atom. The largest absolute Gasteiger partial charge is 0.480 e. The fraction of sp³-hybridized carbons (Fsp3) is 0.550. The molecule has 0 spiro atoms. The molecule has 8 nitrogen and oxygen atoms in total. The van der Waals surface area contributed by atoms with Crippen molar-refractivity contribution in [2.24, 2.45) is 0 Å². The number of ether oxygens (including phenoxy) is 1. The molecule has 1 fully saturated rings. The van der Waals surface area contributed by atoms with E-state index in [-0.39, 0.29) is 24.5 Å². The average Bonchev–Trinajstić information content (AvgIpc) is 3.28. The van der Waals surface area contributed by atoms with Gasteiger partial charge >= 0.3 is 13.6 Å². The Kier molecular flexibility index (Phi) is 6.27. The maximum atomic E-state index is 13.6. The Hall–Kier alpha value is -2.02. The molecule has 29 heavy (non-hydrogen) atoms. The number of rotatable bonds is 8. The first-order valence-corrected chi connectivity index (χ1v) is 11.5. The van der Waals surface area contributed by atoms with Crippen molar-refractivity contribution >= 4 is 13.6 Å². The quantitative estimate of drug-likeness (QED) is 0.610. The molecule has 2 atom stereocenters. The van der Waals surface area contributed by atoms with Crippen molar-refractivity contribution in [3.63, 3.8) is 0 Å². The van der Waals surface area contributed by atoms with Crippen LogP contribution >= 0.6 is 7.60 Å². The number of hydrogen-bond donors (Lipinski definition) is 2. The van der Waals surface area contributed by atoms with Gasteiger partial charge in [0.25, 0.3) is 0 Å². The predicted octanol–water partition coefficient (Wildman–Crippen LogP) is 3.73. The molecule has 9 heteroatoms. The zero-order valence-corrected chi connectivity index (χ0v) is 18.2. The fourth-order valence-corrected chi connectivity index (χ4v) is 5.47. The number of likely N-dealkylation sites (tertiary alicyclic amines) is 1. The van der Waals surface area contributed by atoms with Crippen molar-refractivity contribution in [1.29, 1.82) is 0 Å². The first kappa shape index (κ1) is 21.7. The number of carboxylic acid groups (broad SMARTS) is 1. The monoisotopic (exact) mass is 424 g/mol. The first-order valence-electron chi connectivity index (χ1n) is 9.92. The van der Waals surface area contributed by atoms with Gasteiger partial charge < -0.3 is 29.1 Å². The van der Waals surface area contributed by atoms with Crippen LogP contribution in [0.3, 0.4) is 0 Å². The third-order valence-corrected chi connectivity index (χ3v) is 7.18. The van der Waals surface area contributed by atoms with Gasteiger partial charge in [-0.3, -0.25) is 4.57 Å². The molecule has 1 saturated heterocycles. The van der Waals surface area contributed by atoms with Gasteiger partial charge in [0.1, 0.15) is 6.04 Å². The fourth-order valence-electron chi connectivity index (χ4n) is 3.70. The molecule has 2 N–H and O–H groups in total. The maximum absolute atomic E-state index is 13.6. The minimum atomic E-state index is -3.73.